The van der Waals surface area contributed by atoms with Gasteiger partial charge in [0.05, 0.1) is 0 Å². The third kappa shape index (κ3) is 5.21. The lowest BCUT2D eigenvalue weighted by atomic mass is 10.1. The van der Waals surface area contributed by atoms with Gasteiger partial charge in [0.15, 0.2) is 5.78 Å². The van der Waals surface area contributed by atoms with E-state index in [9.17, 15) is 13.8 Å². The van der Waals surface area contributed by atoms with Gasteiger partial charge in [-0.3, -0.25) is 9.00 Å². The van der Waals surface area contributed by atoms with Crippen LogP contribution in [0.25, 0.3) is 0 Å². The Morgan fingerprint density at radius 2 is 2.05 bits per heavy atom. The Balaban J connectivity index is 2.55. The molecule has 104 valence electrons. The van der Waals surface area contributed by atoms with Crippen LogP contribution in [0.3, 0.4) is 0 Å². The van der Waals surface area contributed by atoms with Gasteiger partial charge in [-0.25, -0.2) is 4.79 Å². The van der Waals surface area contributed by atoms with E-state index in [1.165, 1.54) is 6.92 Å². The third-order valence-electron chi connectivity index (χ3n) is 2.64. The van der Waals surface area contributed by atoms with Crippen molar-refractivity contribution >= 4 is 28.3 Å². The van der Waals surface area contributed by atoms with E-state index in [-0.39, 0.29) is 17.1 Å². The summed E-state index contributed by atoms with van der Waals surface area (Å²) < 4.78 is 11.1. The molecule has 1 rings (SSSR count). The zero-order chi connectivity index (χ0) is 14.4. The van der Waals surface area contributed by atoms with E-state index in [2.05, 4.69) is 10.6 Å². The fraction of sp³-hybridized carbons (Fsp3) is 0.385. The number of hydrogen-bond donors (Lipinski definition) is 2. The molecule has 0 aromatic heterocycles. The highest BCUT2D eigenvalue weighted by Gasteiger charge is 2.09. The maximum Gasteiger partial charge on any atom is 0.319 e. The van der Waals surface area contributed by atoms with Crippen molar-refractivity contribution in [1.82, 2.24) is 5.32 Å². The summed E-state index contributed by atoms with van der Waals surface area (Å²) in [6, 6.07) is 6.33. The summed E-state index contributed by atoms with van der Waals surface area (Å²) in [7, 11) is -0.970. The van der Waals surface area contributed by atoms with Gasteiger partial charge in [-0.05, 0) is 26.0 Å². The van der Waals surface area contributed by atoms with Crippen LogP contribution in [0.2, 0.25) is 0 Å². The molecule has 2 unspecified atom stereocenters. The molecule has 0 saturated heterocycles. The molecular weight excluding hydrogens is 264 g/mol. The predicted octanol–water partition coefficient (Wildman–Crippen LogP) is 1.78. The van der Waals surface area contributed by atoms with Crippen LogP contribution in [0, 0.1) is 0 Å². The lowest BCUT2D eigenvalue weighted by Gasteiger charge is -2.11. The molecule has 0 fully saturated rings. The maximum absolute atomic E-state index is 11.6. The van der Waals surface area contributed by atoms with Gasteiger partial charge < -0.3 is 10.6 Å². The SMILES string of the molecule is CC(=O)c1cccc(NC(=O)NCC(C)S(C)=O)c1. The molecular formula is C13H18N2O3S. The molecule has 1 aromatic carbocycles. The van der Waals surface area contributed by atoms with Gasteiger partial charge >= 0.3 is 6.03 Å². The van der Waals surface area contributed by atoms with Gasteiger partial charge in [0.1, 0.15) is 0 Å². The van der Waals surface area contributed by atoms with Crippen LogP contribution in [-0.2, 0) is 10.8 Å². The predicted molar refractivity (Wildman–Crippen MR) is 77.0 cm³/mol. The molecule has 2 atom stereocenters. The fourth-order valence-corrected chi connectivity index (χ4v) is 1.66. The Morgan fingerprint density at radius 1 is 1.37 bits per heavy atom. The van der Waals surface area contributed by atoms with E-state index in [4.69, 9.17) is 0 Å². The summed E-state index contributed by atoms with van der Waals surface area (Å²) >= 11 is 0. The van der Waals surface area contributed by atoms with E-state index in [0.29, 0.717) is 17.8 Å². The number of ketones is 1. The summed E-state index contributed by atoms with van der Waals surface area (Å²) in [6.07, 6.45) is 1.60. The second-order valence-corrected chi connectivity index (χ2v) is 6.08. The lowest BCUT2D eigenvalue weighted by molar-refractivity contribution is 0.101. The molecule has 2 amide bonds. The number of nitrogens with one attached hydrogen (secondary N) is 2. The Bertz CT molecular complexity index is 502. The number of anilines is 1. The Hall–Kier alpha value is -1.69. The number of benzene rings is 1. The number of carbonyl (C=O) groups is 2. The molecule has 1 aromatic rings. The minimum Gasteiger partial charge on any atom is -0.337 e. The standard InChI is InChI=1S/C13H18N2O3S/c1-9(19(3)18)8-14-13(17)15-12-6-4-5-11(7-12)10(2)16/h4-7,9H,8H2,1-3H3,(H2,14,15,17). The fourth-order valence-electron chi connectivity index (χ4n) is 1.35. The first-order valence-electron chi connectivity index (χ1n) is 5.88. The molecule has 0 aliphatic rings. The maximum atomic E-state index is 11.6. The van der Waals surface area contributed by atoms with E-state index in [1.807, 2.05) is 0 Å². The monoisotopic (exact) mass is 282 g/mol. The van der Waals surface area contributed by atoms with Crippen molar-refractivity contribution in [2.75, 3.05) is 18.1 Å². The summed E-state index contributed by atoms with van der Waals surface area (Å²) in [5.41, 5.74) is 1.09. The summed E-state index contributed by atoms with van der Waals surface area (Å²) in [6.45, 7) is 3.60. The van der Waals surface area contributed by atoms with Crippen LogP contribution < -0.4 is 10.6 Å². The quantitative estimate of drug-likeness (QED) is 0.808. The largest absolute Gasteiger partial charge is 0.337 e. The van der Waals surface area contributed by atoms with E-state index >= 15 is 0 Å². The van der Waals surface area contributed by atoms with Crippen LogP contribution in [0.4, 0.5) is 10.5 Å². The van der Waals surface area contributed by atoms with Gasteiger partial charge in [0, 0.05) is 40.1 Å². The highest BCUT2D eigenvalue weighted by Crippen LogP contribution is 2.10. The average molecular weight is 282 g/mol. The first-order valence-corrected chi connectivity index (χ1v) is 7.50. The highest BCUT2D eigenvalue weighted by molar-refractivity contribution is 7.84. The smallest absolute Gasteiger partial charge is 0.319 e. The zero-order valence-corrected chi connectivity index (χ0v) is 12.0. The Kier molecular flexibility index (Phi) is 5.69. The lowest BCUT2D eigenvalue weighted by Crippen LogP contribution is -2.35. The van der Waals surface area contributed by atoms with Gasteiger partial charge in [-0.15, -0.1) is 0 Å². The summed E-state index contributed by atoms with van der Waals surface area (Å²) in [4.78, 5) is 22.8. The van der Waals surface area contributed by atoms with Crippen LogP contribution >= 0.6 is 0 Å². The molecule has 0 radical (unpaired) electrons. The number of Topliss-reactive ketones (excluding diaryl/α,β-unsaturated/α-hetero) is 1. The second-order valence-electron chi connectivity index (χ2n) is 4.28. The topological polar surface area (TPSA) is 75.3 Å². The van der Waals surface area contributed by atoms with Crippen molar-refractivity contribution in [1.29, 1.82) is 0 Å². The van der Waals surface area contributed by atoms with Crippen LogP contribution in [0.15, 0.2) is 24.3 Å². The van der Waals surface area contributed by atoms with Gasteiger partial charge in [0.2, 0.25) is 0 Å². The van der Waals surface area contributed by atoms with Crippen molar-refractivity contribution in [3.63, 3.8) is 0 Å². The minimum absolute atomic E-state index is 0.0564. The van der Waals surface area contributed by atoms with Crippen molar-refractivity contribution in [2.24, 2.45) is 0 Å². The third-order valence-corrected chi connectivity index (χ3v) is 3.94. The zero-order valence-electron chi connectivity index (χ0n) is 11.2. The summed E-state index contributed by atoms with van der Waals surface area (Å²) in [5.74, 6) is -0.0564. The number of amides is 2. The molecule has 6 heteroatoms. The molecule has 0 spiro atoms. The van der Waals surface area contributed by atoms with Crippen LogP contribution in [0.5, 0.6) is 0 Å². The molecule has 0 aliphatic carbocycles. The normalized spacial score (nSPS) is 13.4. The Morgan fingerprint density at radius 3 is 2.63 bits per heavy atom. The Labute approximate surface area is 115 Å². The van der Waals surface area contributed by atoms with Crippen molar-refractivity contribution < 1.29 is 13.8 Å². The van der Waals surface area contributed by atoms with Gasteiger partial charge in [-0.1, -0.05) is 12.1 Å². The highest BCUT2D eigenvalue weighted by atomic mass is 32.2. The molecule has 0 bridgehead atoms. The second kappa shape index (κ2) is 7.04. The molecule has 2 N–H and O–H groups in total. The van der Waals surface area contributed by atoms with E-state index < -0.39 is 10.8 Å². The van der Waals surface area contributed by atoms with Crippen molar-refractivity contribution in [3.8, 4) is 0 Å². The van der Waals surface area contributed by atoms with Gasteiger partial charge in [0.25, 0.3) is 0 Å². The molecule has 0 aliphatic heterocycles. The first kappa shape index (κ1) is 15.4. The minimum atomic E-state index is -0.970. The van der Waals surface area contributed by atoms with E-state index in [0.717, 1.165) is 0 Å². The number of urea groups is 1. The number of carbonyl (C=O) groups excluding carboxylic acids is 2. The van der Waals surface area contributed by atoms with E-state index in [1.54, 1.807) is 37.4 Å². The number of hydrogen-bond acceptors (Lipinski definition) is 3. The van der Waals surface area contributed by atoms with Crippen LogP contribution in [0.1, 0.15) is 24.2 Å². The first-order chi connectivity index (χ1) is 8.90. The molecule has 0 saturated carbocycles. The molecule has 0 heterocycles. The van der Waals surface area contributed by atoms with Crippen molar-refractivity contribution in [3.05, 3.63) is 29.8 Å². The molecule has 5 nitrogen and oxygen atoms in total. The average Bonchev–Trinajstić information content (AvgIpc) is 2.36. The van der Waals surface area contributed by atoms with Crippen molar-refractivity contribution in [2.45, 2.75) is 19.1 Å². The number of rotatable bonds is 5. The summed E-state index contributed by atoms with van der Waals surface area (Å²) in [5, 5.41) is 5.16. The van der Waals surface area contributed by atoms with Gasteiger partial charge in [-0.2, -0.15) is 0 Å². The van der Waals surface area contributed by atoms with Crippen LogP contribution in [-0.4, -0.2) is 34.1 Å². The molecule has 19 heavy (non-hydrogen) atoms.